The summed E-state index contributed by atoms with van der Waals surface area (Å²) in [4.78, 5) is 28.5. The summed E-state index contributed by atoms with van der Waals surface area (Å²) in [5.41, 5.74) is 3.17. The molecular weight excluding hydrogens is 426 g/mol. The molecule has 2 aliphatic heterocycles. The Morgan fingerprint density at radius 3 is 2.69 bits per heavy atom. The van der Waals surface area contributed by atoms with Gasteiger partial charge >= 0.3 is 11.8 Å². The topological polar surface area (TPSA) is 79.9 Å². The van der Waals surface area contributed by atoms with Gasteiger partial charge in [-0.15, -0.1) is 11.3 Å². The summed E-state index contributed by atoms with van der Waals surface area (Å²) in [7, 11) is 0. The predicted octanol–water partition coefficient (Wildman–Crippen LogP) is 3.33. The predicted molar refractivity (Wildman–Crippen MR) is 122 cm³/mol. The summed E-state index contributed by atoms with van der Waals surface area (Å²) in [5.74, 6) is -0.208. The van der Waals surface area contributed by atoms with Crippen molar-refractivity contribution in [2.75, 3.05) is 25.2 Å². The standard InChI is InChI=1S/C24H23N3O4S/c28-23(24(29)26-18-7-8-20-21(12-18)31-15-30-20)25-13-19(22-6-3-11-32-22)27-10-9-16-4-1-2-5-17(16)14-27/h1-8,11-12,19H,9-10,13-15H2,(H,25,28)(H,26,29). The molecule has 3 heterocycles. The first-order valence-corrected chi connectivity index (χ1v) is 11.4. The lowest BCUT2D eigenvalue weighted by atomic mass is 9.98. The molecule has 164 valence electrons. The van der Waals surface area contributed by atoms with Crippen LogP contribution in [0.4, 0.5) is 5.69 Å². The average molecular weight is 450 g/mol. The molecule has 0 saturated carbocycles. The van der Waals surface area contributed by atoms with E-state index >= 15 is 0 Å². The van der Waals surface area contributed by atoms with Crippen molar-refractivity contribution in [1.29, 1.82) is 0 Å². The first kappa shape index (κ1) is 20.5. The molecule has 7 nitrogen and oxygen atoms in total. The maximum atomic E-state index is 12.5. The van der Waals surface area contributed by atoms with Crippen LogP contribution in [-0.4, -0.2) is 36.6 Å². The van der Waals surface area contributed by atoms with Gasteiger partial charge in [0.1, 0.15) is 0 Å². The molecule has 32 heavy (non-hydrogen) atoms. The Hall–Kier alpha value is -3.36. The van der Waals surface area contributed by atoms with Gasteiger partial charge in [0.15, 0.2) is 11.5 Å². The van der Waals surface area contributed by atoms with E-state index in [1.54, 1.807) is 29.5 Å². The molecule has 0 spiro atoms. The van der Waals surface area contributed by atoms with Crippen molar-refractivity contribution in [3.8, 4) is 11.5 Å². The Balaban J connectivity index is 1.23. The van der Waals surface area contributed by atoms with E-state index in [0.717, 1.165) is 19.5 Å². The fourth-order valence-electron chi connectivity index (χ4n) is 4.11. The van der Waals surface area contributed by atoms with Crippen molar-refractivity contribution < 1.29 is 19.1 Å². The van der Waals surface area contributed by atoms with Gasteiger partial charge in [-0.3, -0.25) is 14.5 Å². The Labute approximate surface area is 190 Å². The van der Waals surface area contributed by atoms with E-state index in [1.165, 1.54) is 16.0 Å². The van der Waals surface area contributed by atoms with Crippen LogP contribution in [0, 0.1) is 0 Å². The van der Waals surface area contributed by atoms with Gasteiger partial charge in [-0.1, -0.05) is 30.3 Å². The number of hydrogen-bond donors (Lipinski definition) is 2. The number of fused-ring (bicyclic) bond motifs is 2. The average Bonchev–Trinajstić information content (AvgIpc) is 3.51. The Bertz CT molecular complexity index is 1130. The summed E-state index contributed by atoms with van der Waals surface area (Å²) >= 11 is 1.66. The second kappa shape index (κ2) is 9.02. The number of carbonyl (C=O) groups is 2. The minimum atomic E-state index is -0.710. The SMILES string of the molecule is O=C(NCC(c1cccs1)N1CCc2ccccc2C1)C(=O)Nc1ccc2c(c1)OCO2. The van der Waals surface area contributed by atoms with Crippen LogP contribution in [-0.2, 0) is 22.6 Å². The van der Waals surface area contributed by atoms with E-state index in [4.69, 9.17) is 9.47 Å². The number of ether oxygens (including phenoxy) is 2. The number of nitrogens with one attached hydrogen (secondary N) is 2. The lowest BCUT2D eigenvalue weighted by Crippen LogP contribution is -2.43. The molecule has 3 aromatic rings. The third-order valence-corrected chi connectivity index (χ3v) is 6.74. The number of benzene rings is 2. The molecule has 2 amide bonds. The summed E-state index contributed by atoms with van der Waals surface area (Å²) in [5, 5.41) is 7.48. The van der Waals surface area contributed by atoms with Gasteiger partial charge in [0, 0.05) is 36.3 Å². The Morgan fingerprint density at radius 1 is 1.00 bits per heavy atom. The molecule has 1 unspecified atom stereocenters. The number of amides is 2. The van der Waals surface area contributed by atoms with Gasteiger partial charge in [0.05, 0.1) is 6.04 Å². The highest BCUT2D eigenvalue weighted by Crippen LogP contribution is 2.34. The molecule has 0 aliphatic carbocycles. The first-order chi connectivity index (χ1) is 15.7. The van der Waals surface area contributed by atoms with Gasteiger partial charge in [0.25, 0.3) is 0 Å². The molecule has 0 saturated heterocycles. The van der Waals surface area contributed by atoms with E-state index in [-0.39, 0.29) is 12.8 Å². The van der Waals surface area contributed by atoms with Crippen molar-refractivity contribution in [2.45, 2.75) is 19.0 Å². The van der Waals surface area contributed by atoms with Crippen molar-refractivity contribution >= 4 is 28.8 Å². The molecule has 1 aromatic heterocycles. The van der Waals surface area contributed by atoms with E-state index in [0.29, 0.717) is 23.7 Å². The first-order valence-electron chi connectivity index (χ1n) is 10.5. The monoisotopic (exact) mass is 449 g/mol. The van der Waals surface area contributed by atoms with Crippen LogP contribution in [0.1, 0.15) is 22.0 Å². The van der Waals surface area contributed by atoms with Crippen LogP contribution in [0.5, 0.6) is 11.5 Å². The van der Waals surface area contributed by atoms with E-state index in [1.807, 2.05) is 11.4 Å². The fraction of sp³-hybridized carbons (Fsp3) is 0.250. The number of rotatable bonds is 5. The minimum Gasteiger partial charge on any atom is -0.454 e. The largest absolute Gasteiger partial charge is 0.454 e. The number of thiophene rings is 1. The Morgan fingerprint density at radius 2 is 1.84 bits per heavy atom. The molecule has 5 rings (SSSR count). The molecule has 0 bridgehead atoms. The summed E-state index contributed by atoms with van der Waals surface area (Å²) in [6, 6.07) is 17.6. The van der Waals surface area contributed by atoms with E-state index in [9.17, 15) is 9.59 Å². The van der Waals surface area contributed by atoms with Gasteiger partial charge in [-0.05, 0) is 41.1 Å². The summed E-state index contributed by atoms with van der Waals surface area (Å²) < 4.78 is 10.6. The second-order valence-corrected chi connectivity index (χ2v) is 8.73. The maximum absolute atomic E-state index is 12.5. The molecule has 8 heteroatoms. The van der Waals surface area contributed by atoms with Crippen LogP contribution in [0.15, 0.2) is 60.0 Å². The highest BCUT2D eigenvalue weighted by Gasteiger charge is 2.27. The molecule has 2 aromatic carbocycles. The third kappa shape index (κ3) is 4.32. The van der Waals surface area contributed by atoms with Gasteiger partial charge in [0.2, 0.25) is 6.79 Å². The number of anilines is 1. The molecule has 2 aliphatic rings. The van der Waals surface area contributed by atoms with Crippen LogP contribution in [0.3, 0.4) is 0 Å². The number of nitrogens with zero attached hydrogens (tertiary/aromatic N) is 1. The van der Waals surface area contributed by atoms with Crippen molar-refractivity contribution in [3.63, 3.8) is 0 Å². The third-order valence-electron chi connectivity index (χ3n) is 5.77. The summed E-state index contributed by atoms with van der Waals surface area (Å²) in [6.07, 6.45) is 0.969. The van der Waals surface area contributed by atoms with Crippen LogP contribution >= 0.6 is 11.3 Å². The van der Waals surface area contributed by atoms with E-state index in [2.05, 4.69) is 45.9 Å². The molecule has 0 radical (unpaired) electrons. The number of hydrogen-bond acceptors (Lipinski definition) is 6. The zero-order valence-electron chi connectivity index (χ0n) is 17.4. The maximum Gasteiger partial charge on any atom is 0.313 e. The Kier molecular flexibility index (Phi) is 5.79. The van der Waals surface area contributed by atoms with Crippen molar-refractivity contribution in [3.05, 3.63) is 76.0 Å². The van der Waals surface area contributed by atoms with Crippen LogP contribution < -0.4 is 20.1 Å². The van der Waals surface area contributed by atoms with Crippen LogP contribution in [0.2, 0.25) is 0 Å². The molecule has 2 N–H and O–H groups in total. The van der Waals surface area contributed by atoms with E-state index < -0.39 is 11.8 Å². The normalized spacial score (nSPS) is 15.6. The van der Waals surface area contributed by atoms with Gasteiger partial charge < -0.3 is 20.1 Å². The molecular formula is C24H23N3O4S. The van der Waals surface area contributed by atoms with Gasteiger partial charge in [-0.25, -0.2) is 0 Å². The highest BCUT2D eigenvalue weighted by atomic mass is 32.1. The molecule has 0 fully saturated rings. The van der Waals surface area contributed by atoms with Gasteiger partial charge in [-0.2, -0.15) is 0 Å². The minimum absolute atomic E-state index is 0.00523. The smallest absolute Gasteiger partial charge is 0.313 e. The quantitative estimate of drug-likeness (QED) is 0.584. The zero-order chi connectivity index (χ0) is 21.9. The van der Waals surface area contributed by atoms with Crippen molar-refractivity contribution in [2.24, 2.45) is 0 Å². The summed E-state index contributed by atoms with van der Waals surface area (Å²) in [6.45, 7) is 2.23. The lowest BCUT2D eigenvalue weighted by Gasteiger charge is -2.35. The van der Waals surface area contributed by atoms with Crippen LogP contribution in [0.25, 0.3) is 0 Å². The fourth-order valence-corrected chi connectivity index (χ4v) is 4.97. The zero-order valence-corrected chi connectivity index (χ0v) is 18.2. The lowest BCUT2D eigenvalue weighted by molar-refractivity contribution is -0.136. The second-order valence-electron chi connectivity index (χ2n) is 7.75. The number of carbonyl (C=O) groups excluding carboxylic acids is 2. The highest BCUT2D eigenvalue weighted by molar-refractivity contribution is 7.10. The van der Waals surface area contributed by atoms with Crippen molar-refractivity contribution in [1.82, 2.24) is 10.2 Å². The molecule has 1 atom stereocenters.